The maximum Gasteiger partial charge on any atom is 0.262 e. The molecule has 0 aliphatic carbocycles. The molecule has 34 heavy (non-hydrogen) atoms. The van der Waals surface area contributed by atoms with Crippen molar-refractivity contribution in [3.8, 4) is 11.8 Å². The molecule has 5 rings (SSSR count). The number of carbonyl (C=O) groups is 4. The molecule has 0 spiro atoms. The van der Waals surface area contributed by atoms with E-state index >= 15 is 0 Å². The van der Waals surface area contributed by atoms with Crippen LogP contribution in [0.1, 0.15) is 46.4 Å². The number of fused-ring (bicyclic) bond motifs is 1. The summed E-state index contributed by atoms with van der Waals surface area (Å²) in [5, 5.41) is 5.59. The molecular weight excluding hydrogens is 434 g/mol. The average molecular weight is 464 g/mol. The van der Waals surface area contributed by atoms with E-state index in [9.17, 15) is 19.2 Å². The molecule has 1 aromatic rings. The van der Waals surface area contributed by atoms with Crippen molar-refractivity contribution in [3.05, 3.63) is 29.3 Å². The van der Waals surface area contributed by atoms with Gasteiger partial charge < -0.3 is 10.2 Å². The van der Waals surface area contributed by atoms with Crippen molar-refractivity contribution in [1.29, 1.82) is 0 Å². The highest BCUT2D eigenvalue weighted by atomic mass is 16.2. The zero-order valence-corrected chi connectivity index (χ0v) is 19.1. The number of piperazine rings is 1. The number of nitrogens with zero attached hydrogens (tertiary/aromatic N) is 3. The van der Waals surface area contributed by atoms with Gasteiger partial charge in [0.1, 0.15) is 6.04 Å². The molecule has 2 N–H and O–H groups in total. The van der Waals surface area contributed by atoms with Gasteiger partial charge in [0, 0.05) is 44.2 Å². The Kier molecular flexibility index (Phi) is 6.35. The predicted molar refractivity (Wildman–Crippen MR) is 125 cm³/mol. The standard InChI is InChI=1S/C25H29N5O4/c31-22-6-5-21(23(32)27-22)30-24(33)19-4-3-18(16-20(19)25(30)34)29-14-12-28(13-15-29)11-1-2-17-7-9-26-10-8-17/h3-4,16-17,21,26H,5-15H2,(H,27,31,32). The van der Waals surface area contributed by atoms with Crippen LogP contribution in [0.5, 0.6) is 0 Å². The number of hydrogen-bond donors (Lipinski definition) is 2. The maximum atomic E-state index is 13.1. The number of imide groups is 2. The van der Waals surface area contributed by atoms with E-state index in [2.05, 4.69) is 32.3 Å². The van der Waals surface area contributed by atoms with Gasteiger partial charge in [-0.25, -0.2) is 0 Å². The fraction of sp³-hybridized carbons (Fsp3) is 0.520. The zero-order chi connectivity index (χ0) is 23.7. The summed E-state index contributed by atoms with van der Waals surface area (Å²) in [6.07, 6.45) is 2.52. The van der Waals surface area contributed by atoms with Gasteiger partial charge in [0.25, 0.3) is 11.8 Å². The quantitative estimate of drug-likeness (QED) is 0.488. The lowest BCUT2D eigenvalue weighted by molar-refractivity contribution is -0.136. The Labute approximate surface area is 198 Å². The van der Waals surface area contributed by atoms with E-state index in [0.717, 1.165) is 69.2 Å². The summed E-state index contributed by atoms with van der Waals surface area (Å²) >= 11 is 0. The van der Waals surface area contributed by atoms with Crippen LogP contribution in [0.25, 0.3) is 0 Å². The topological polar surface area (TPSA) is 102 Å². The molecule has 0 radical (unpaired) electrons. The van der Waals surface area contributed by atoms with E-state index < -0.39 is 23.8 Å². The van der Waals surface area contributed by atoms with Gasteiger partial charge in [-0.1, -0.05) is 11.8 Å². The first-order chi connectivity index (χ1) is 16.5. The number of rotatable bonds is 3. The molecule has 1 unspecified atom stereocenters. The van der Waals surface area contributed by atoms with Crippen LogP contribution in [0.4, 0.5) is 5.69 Å². The number of nitrogens with one attached hydrogen (secondary N) is 2. The second-order valence-corrected chi connectivity index (χ2v) is 9.29. The fourth-order valence-corrected chi connectivity index (χ4v) is 5.09. The first-order valence-corrected chi connectivity index (χ1v) is 12.0. The zero-order valence-electron chi connectivity index (χ0n) is 19.1. The lowest BCUT2D eigenvalue weighted by Gasteiger charge is -2.35. The average Bonchev–Trinajstić information content (AvgIpc) is 3.10. The van der Waals surface area contributed by atoms with Crippen molar-refractivity contribution < 1.29 is 19.2 Å². The summed E-state index contributed by atoms with van der Waals surface area (Å²) in [5.74, 6) is 5.37. The predicted octanol–water partition coefficient (Wildman–Crippen LogP) is 0.213. The van der Waals surface area contributed by atoms with E-state index in [-0.39, 0.29) is 18.7 Å². The molecule has 4 heterocycles. The Morgan fingerprint density at radius 3 is 2.38 bits per heavy atom. The van der Waals surface area contributed by atoms with E-state index in [4.69, 9.17) is 0 Å². The fourth-order valence-electron chi connectivity index (χ4n) is 5.09. The lowest BCUT2D eigenvalue weighted by atomic mass is 9.99. The van der Waals surface area contributed by atoms with Crippen LogP contribution in [-0.2, 0) is 9.59 Å². The molecule has 1 atom stereocenters. The highest BCUT2D eigenvalue weighted by molar-refractivity contribution is 6.23. The van der Waals surface area contributed by atoms with Crippen molar-refractivity contribution in [3.63, 3.8) is 0 Å². The smallest absolute Gasteiger partial charge is 0.262 e. The third-order valence-corrected chi connectivity index (χ3v) is 7.11. The Morgan fingerprint density at radius 2 is 1.65 bits per heavy atom. The first-order valence-electron chi connectivity index (χ1n) is 12.0. The summed E-state index contributed by atoms with van der Waals surface area (Å²) in [5.41, 5.74) is 1.53. The Balaban J connectivity index is 1.21. The summed E-state index contributed by atoms with van der Waals surface area (Å²) in [4.78, 5) is 55.2. The molecule has 3 fully saturated rings. The molecule has 4 aliphatic heterocycles. The van der Waals surface area contributed by atoms with Gasteiger partial charge in [0.05, 0.1) is 17.7 Å². The van der Waals surface area contributed by atoms with Crippen LogP contribution in [0.3, 0.4) is 0 Å². The van der Waals surface area contributed by atoms with E-state index in [0.29, 0.717) is 17.0 Å². The normalized spacial score (nSPS) is 24.1. The van der Waals surface area contributed by atoms with Gasteiger partial charge in [-0.2, -0.15) is 0 Å². The van der Waals surface area contributed by atoms with Crippen molar-refractivity contribution >= 4 is 29.3 Å². The summed E-state index contributed by atoms with van der Waals surface area (Å²) < 4.78 is 0. The molecule has 9 nitrogen and oxygen atoms in total. The largest absolute Gasteiger partial charge is 0.369 e. The second-order valence-electron chi connectivity index (χ2n) is 9.29. The first kappa shape index (κ1) is 22.6. The van der Waals surface area contributed by atoms with Gasteiger partial charge in [-0.3, -0.25) is 34.3 Å². The minimum atomic E-state index is -0.942. The van der Waals surface area contributed by atoms with E-state index in [1.165, 1.54) is 0 Å². The lowest BCUT2D eigenvalue weighted by Crippen LogP contribution is -2.54. The van der Waals surface area contributed by atoms with Crippen molar-refractivity contribution in [2.24, 2.45) is 5.92 Å². The summed E-state index contributed by atoms with van der Waals surface area (Å²) in [6, 6.07) is 4.36. The minimum Gasteiger partial charge on any atom is -0.369 e. The number of piperidine rings is 2. The third-order valence-electron chi connectivity index (χ3n) is 7.11. The third kappa shape index (κ3) is 4.43. The molecule has 178 valence electrons. The molecule has 0 bridgehead atoms. The van der Waals surface area contributed by atoms with Crippen LogP contribution in [0, 0.1) is 17.8 Å². The van der Waals surface area contributed by atoms with Gasteiger partial charge in [-0.15, -0.1) is 0 Å². The monoisotopic (exact) mass is 463 g/mol. The molecule has 4 aliphatic rings. The Hall–Kier alpha value is -3.22. The number of benzene rings is 1. The van der Waals surface area contributed by atoms with Crippen LogP contribution in [0.15, 0.2) is 18.2 Å². The number of amides is 4. The molecule has 3 saturated heterocycles. The highest BCUT2D eigenvalue weighted by Gasteiger charge is 2.44. The highest BCUT2D eigenvalue weighted by Crippen LogP contribution is 2.31. The Bertz CT molecular complexity index is 1080. The Morgan fingerprint density at radius 1 is 0.912 bits per heavy atom. The van der Waals surface area contributed by atoms with Gasteiger partial charge in [0.15, 0.2) is 0 Å². The molecule has 4 amide bonds. The van der Waals surface area contributed by atoms with Crippen molar-refractivity contribution in [2.75, 3.05) is 50.7 Å². The molecule has 0 saturated carbocycles. The van der Waals surface area contributed by atoms with Crippen LogP contribution in [0.2, 0.25) is 0 Å². The molecule has 9 heteroatoms. The second kappa shape index (κ2) is 9.57. The summed E-state index contributed by atoms with van der Waals surface area (Å²) in [7, 11) is 0. The maximum absolute atomic E-state index is 13.1. The van der Waals surface area contributed by atoms with Crippen molar-refractivity contribution in [1.82, 2.24) is 20.4 Å². The van der Waals surface area contributed by atoms with Gasteiger partial charge >= 0.3 is 0 Å². The number of hydrogen-bond acceptors (Lipinski definition) is 7. The van der Waals surface area contributed by atoms with Gasteiger partial charge in [-0.05, 0) is 50.6 Å². The molecule has 0 aromatic heterocycles. The minimum absolute atomic E-state index is 0.113. The number of carbonyl (C=O) groups excluding carboxylic acids is 4. The van der Waals surface area contributed by atoms with Crippen LogP contribution >= 0.6 is 0 Å². The van der Waals surface area contributed by atoms with Gasteiger partial charge in [0.2, 0.25) is 11.8 Å². The van der Waals surface area contributed by atoms with E-state index in [1.54, 1.807) is 12.1 Å². The SMILES string of the molecule is O=C1CCC(N2C(=O)c3ccc(N4CCN(CC#CC5CCNCC5)CC4)cc3C2=O)C(=O)N1. The van der Waals surface area contributed by atoms with Crippen molar-refractivity contribution in [2.45, 2.75) is 31.7 Å². The molecule has 1 aromatic carbocycles. The van der Waals surface area contributed by atoms with Crippen LogP contribution in [-0.4, -0.2) is 85.3 Å². The molecular formula is C25H29N5O4. The van der Waals surface area contributed by atoms with E-state index in [1.807, 2.05) is 6.07 Å². The number of anilines is 1. The van der Waals surface area contributed by atoms with Crippen LogP contribution < -0.4 is 15.5 Å². The summed E-state index contributed by atoms with van der Waals surface area (Å²) in [6.45, 7) is 6.27.